The van der Waals surface area contributed by atoms with E-state index in [0.717, 1.165) is 12.0 Å². The first-order valence-electron chi connectivity index (χ1n) is 9.75. The Morgan fingerprint density at radius 1 is 1.25 bits per heavy atom. The lowest BCUT2D eigenvalue weighted by atomic mass is 9.65. The first-order chi connectivity index (χ1) is 13.3. The number of ketones is 2. The van der Waals surface area contributed by atoms with Gasteiger partial charge in [0.1, 0.15) is 5.78 Å². The van der Waals surface area contributed by atoms with Crippen molar-refractivity contribution in [2.75, 3.05) is 21.2 Å². The van der Waals surface area contributed by atoms with Crippen molar-refractivity contribution in [3.8, 4) is 11.5 Å². The standard InChI is InChI=1S/C18H20O5.C2H7N.C2H6/c1-9(19)5-10-6-11-7-16(23-2)15(21)8-13(11)17-12(10)3-4-14(20)18(17)22;1-3-2;1-2/h3-4,7,10-11,13,20,22H,5-6,8H2,1-2H3;3H,1-2H3;1-2H3/t10-,11?,13?;;/m0../s1. The number of aromatic hydroxyl groups is 2. The molecule has 0 saturated carbocycles. The van der Waals surface area contributed by atoms with Crippen LogP contribution in [0.1, 0.15) is 63.0 Å². The molecule has 0 aromatic heterocycles. The first kappa shape index (κ1) is 23.7. The van der Waals surface area contributed by atoms with Gasteiger partial charge < -0.3 is 25.1 Å². The Kier molecular flexibility index (Phi) is 9.19. The van der Waals surface area contributed by atoms with Gasteiger partial charge >= 0.3 is 0 Å². The molecule has 2 aliphatic carbocycles. The number of Topliss-reactive ketones (excluding diaryl/α,β-unsaturated/α-hetero) is 2. The summed E-state index contributed by atoms with van der Waals surface area (Å²) >= 11 is 0. The van der Waals surface area contributed by atoms with E-state index >= 15 is 0 Å². The molecule has 6 nitrogen and oxygen atoms in total. The predicted octanol–water partition coefficient (Wildman–Crippen LogP) is 3.63. The fourth-order valence-electron chi connectivity index (χ4n) is 3.94. The Labute approximate surface area is 167 Å². The zero-order valence-corrected chi connectivity index (χ0v) is 17.7. The van der Waals surface area contributed by atoms with Gasteiger partial charge in [0.2, 0.25) is 0 Å². The van der Waals surface area contributed by atoms with Gasteiger partial charge in [-0.1, -0.05) is 19.9 Å². The lowest BCUT2D eigenvalue weighted by molar-refractivity contribution is -0.120. The second kappa shape index (κ2) is 10.9. The Balaban J connectivity index is 0.000000717. The highest BCUT2D eigenvalue weighted by atomic mass is 16.5. The number of carbonyl (C=O) groups excluding carboxylic acids is 2. The van der Waals surface area contributed by atoms with E-state index in [1.54, 1.807) is 19.1 Å². The molecular weight excluding hydrogens is 358 g/mol. The fraction of sp³-hybridized carbons (Fsp3) is 0.545. The fourth-order valence-corrected chi connectivity index (χ4v) is 3.94. The maximum Gasteiger partial charge on any atom is 0.197 e. The maximum absolute atomic E-state index is 12.2. The van der Waals surface area contributed by atoms with Crippen LogP contribution in [-0.4, -0.2) is 43.0 Å². The monoisotopic (exact) mass is 391 g/mol. The predicted molar refractivity (Wildman–Crippen MR) is 110 cm³/mol. The van der Waals surface area contributed by atoms with Gasteiger partial charge in [-0.05, 0) is 57.0 Å². The highest BCUT2D eigenvalue weighted by Gasteiger charge is 2.41. The van der Waals surface area contributed by atoms with Gasteiger partial charge in [0, 0.05) is 24.3 Å². The molecule has 0 fully saturated rings. The zero-order valence-electron chi connectivity index (χ0n) is 17.7. The normalized spacial score (nSPS) is 22.3. The van der Waals surface area contributed by atoms with Gasteiger partial charge in [-0.3, -0.25) is 4.79 Å². The third-order valence-corrected chi connectivity index (χ3v) is 4.91. The van der Waals surface area contributed by atoms with Crippen molar-refractivity contribution >= 4 is 11.6 Å². The van der Waals surface area contributed by atoms with Crippen molar-refractivity contribution in [2.45, 2.75) is 51.9 Å². The zero-order chi connectivity index (χ0) is 21.4. The van der Waals surface area contributed by atoms with E-state index in [9.17, 15) is 19.8 Å². The Morgan fingerprint density at radius 3 is 2.39 bits per heavy atom. The van der Waals surface area contributed by atoms with Crippen LogP contribution in [0.5, 0.6) is 11.5 Å². The van der Waals surface area contributed by atoms with Crippen LogP contribution in [-0.2, 0) is 14.3 Å². The van der Waals surface area contributed by atoms with E-state index in [2.05, 4.69) is 5.32 Å². The molecule has 156 valence electrons. The molecule has 6 heteroatoms. The second-order valence-electron chi connectivity index (χ2n) is 6.91. The average molecular weight is 392 g/mol. The van der Waals surface area contributed by atoms with Crippen LogP contribution in [0.2, 0.25) is 0 Å². The molecule has 0 heterocycles. The van der Waals surface area contributed by atoms with Gasteiger partial charge in [0.05, 0.1) is 7.11 Å². The third kappa shape index (κ3) is 5.13. The summed E-state index contributed by atoms with van der Waals surface area (Å²) < 4.78 is 5.14. The highest BCUT2D eigenvalue weighted by molar-refractivity contribution is 5.95. The topological polar surface area (TPSA) is 95.9 Å². The van der Waals surface area contributed by atoms with E-state index in [0.29, 0.717) is 17.7 Å². The molecule has 0 amide bonds. The molecule has 2 unspecified atom stereocenters. The van der Waals surface area contributed by atoms with Crippen molar-refractivity contribution in [3.05, 3.63) is 35.1 Å². The van der Waals surface area contributed by atoms with Crippen molar-refractivity contribution in [1.29, 1.82) is 0 Å². The number of phenols is 2. The largest absolute Gasteiger partial charge is 0.504 e. The lowest BCUT2D eigenvalue weighted by Gasteiger charge is -2.39. The number of benzene rings is 1. The van der Waals surface area contributed by atoms with Crippen LogP contribution in [0.3, 0.4) is 0 Å². The summed E-state index contributed by atoms with van der Waals surface area (Å²) in [6, 6.07) is 3.21. The number of carbonyl (C=O) groups is 2. The maximum atomic E-state index is 12.2. The second-order valence-corrected chi connectivity index (χ2v) is 6.91. The lowest BCUT2D eigenvalue weighted by Crippen LogP contribution is -2.30. The summed E-state index contributed by atoms with van der Waals surface area (Å²) in [5.74, 6) is -0.261. The summed E-state index contributed by atoms with van der Waals surface area (Å²) in [6.45, 7) is 5.55. The van der Waals surface area contributed by atoms with E-state index < -0.39 is 0 Å². The van der Waals surface area contributed by atoms with Gasteiger partial charge in [-0.25, -0.2) is 0 Å². The summed E-state index contributed by atoms with van der Waals surface area (Å²) in [6.07, 6.45) is 3.14. The molecular formula is C22H33NO5. The first-order valence-corrected chi connectivity index (χ1v) is 9.75. The van der Waals surface area contributed by atoms with Gasteiger partial charge in [-0.2, -0.15) is 0 Å². The molecule has 1 aromatic rings. The van der Waals surface area contributed by atoms with Gasteiger partial charge in [0.15, 0.2) is 23.0 Å². The minimum Gasteiger partial charge on any atom is -0.504 e. The van der Waals surface area contributed by atoms with E-state index in [-0.39, 0.29) is 47.2 Å². The van der Waals surface area contributed by atoms with Crippen molar-refractivity contribution in [2.24, 2.45) is 5.92 Å². The Hall–Kier alpha value is -2.34. The molecule has 0 aliphatic heterocycles. The molecule has 0 radical (unpaired) electrons. The summed E-state index contributed by atoms with van der Waals surface area (Å²) in [5, 5.41) is 23.0. The molecule has 0 saturated heterocycles. The third-order valence-electron chi connectivity index (χ3n) is 4.91. The minimum absolute atomic E-state index is 0.00667. The average Bonchev–Trinajstić information content (AvgIpc) is 2.66. The number of hydrogen-bond donors (Lipinski definition) is 3. The molecule has 3 atom stereocenters. The van der Waals surface area contributed by atoms with Crippen LogP contribution in [0, 0.1) is 5.92 Å². The number of phenolic OH excluding ortho intramolecular Hbond substituents is 2. The van der Waals surface area contributed by atoms with Crippen molar-refractivity contribution in [1.82, 2.24) is 5.32 Å². The molecule has 28 heavy (non-hydrogen) atoms. The van der Waals surface area contributed by atoms with Crippen LogP contribution in [0.4, 0.5) is 0 Å². The molecule has 3 N–H and O–H groups in total. The summed E-state index contributed by atoms with van der Waals surface area (Å²) in [7, 11) is 5.22. The van der Waals surface area contributed by atoms with Crippen LogP contribution in [0.25, 0.3) is 0 Å². The van der Waals surface area contributed by atoms with Gasteiger partial charge in [0.25, 0.3) is 0 Å². The number of rotatable bonds is 3. The molecule has 1 aromatic carbocycles. The summed E-state index contributed by atoms with van der Waals surface area (Å²) in [5.41, 5.74) is 1.46. The molecule has 3 rings (SSSR count). The number of methoxy groups -OCH3 is 1. The van der Waals surface area contributed by atoms with Crippen molar-refractivity contribution < 1.29 is 24.5 Å². The molecule has 0 spiro atoms. The van der Waals surface area contributed by atoms with E-state index in [1.807, 2.05) is 27.9 Å². The Bertz CT molecular complexity index is 726. The van der Waals surface area contributed by atoms with Crippen LogP contribution < -0.4 is 5.32 Å². The summed E-state index contributed by atoms with van der Waals surface area (Å²) in [4.78, 5) is 23.8. The van der Waals surface area contributed by atoms with E-state index in [1.165, 1.54) is 13.2 Å². The van der Waals surface area contributed by atoms with Crippen LogP contribution >= 0.6 is 0 Å². The van der Waals surface area contributed by atoms with Gasteiger partial charge in [-0.15, -0.1) is 0 Å². The van der Waals surface area contributed by atoms with Crippen LogP contribution in [0.15, 0.2) is 24.0 Å². The quantitative estimate of drug-likeness (QED) is 0.681. The van der Waals surface area contributed by atoms with E-state index in [4.69, 9.17) is 4.74 Å². The number of ether oxygens (including phenoxy) is 1. The minimum atomic E-state index is -0.194. The number of allylic oxidation sites excluding steroid dienone is 2. The smallest absolute Gasteiger partial charge is 0.197 e. The molecule has 0 bridgehead atoms. The van der Waals surface area contributed by atoms with Crippen molar-refractivity contribution in [3.63, 3.8) is 0 Å². The number of hydrogen-bond acceptors (Lipinski definition) is 6. The Morgan fingerprint density at radius 2 is 1.86 bits per heavy atom. The SMILES string of the molecule is CC.CNC.COC1=CC2C[C@H](CC(C)=O)c3ccc(O)c(O)c3C2CC1=O. The molecule has 2 aliphatic rings. The highest BCUT2D eigenvalue weighted by Crippen LogP contribution is 2.53. The number of fused-ring (bicyclic) bond motifs is 3. The number of nitrogens with one attached hydrogen (secondary N) is 1.